The molecule has 2 aliphatic rings. The molecule has 7 heteroatoms. The van der Waals surface area contributed by atoms with E-state index in [1.807, 2.05) is 12.3 Å². The topological polar surface area (TPSA) is 84.3 Å². The van der Waals surface area contributed by atoms with Crippen LogP contribution in [0.2, 0.25) is 0 Å². The van der Waals surface area contributed by atoms with Crippen LogP contribution in [0.25, 0.3) is 0 Å². The van der Waals surface area contributed by atoms with Crippen LogP contribution in [0.4, 0.5) is 0 Å². The lowest BCUT2D eigenvalue weighted by Gasteiger charge is -2.19. The van der Waals surface area contributed by atoms with Gasteiger partial charge >= 0.3 is 0 Å². The van der Waals surface area contributed by atoms with E-state index in [0.717, 1.165) is 43.5 Å². The van der Waals surface area contributed by atoms with Gasteiger partial charge in [-0.25, -0.2) is 0 Å². The summed E-state index contributed by atoms with van der Waals surface area (Å²) < 4.78 is 1.80. The van der Waals surface area contributed by atoms with Crippen LogP contribution in [-0.4, -0.2) is 45.5 Å². The third-order valence-electron chi connectivity index (χ3n) is 4.68. The quantitative estimate of drug-likeness (QED) is 0.614. The average Bonchev–Trinajstić information content (AvgIpc) is 3.15. The summed E-state index contributed by atoms with van der Waals surface area (Å²) >= 11 is 0. The second kappa shape index (κ2) is 6.93. The molecular formula is C16H22N4O3. The number of hydrogen-bond acceptors (Lipinski definition) is 4. The molecule has 2 heterocycles. The minimum Gasteiger partial charge on any atom is -0.354 e. The first-order valence-corrected chi connectivity index (χ1v) is 8.26. The number of hydrogen-bond donors (Lipinski definition) is 1. The molecular weight excluding hydrogens is 296 g/mol. The van der Waals surface area contributed by atoms with Gasteiger partial charge in [-0.05, 0) is 25.3 Å². The van der Waals surface area contributed by atoms with Crippen molar-refractivity contribution < 1.29 is 14.4 Å². The van der Waals surface area contributed by atoms with E-state index in [9.17, 15) is 14.4 Å². The summed E-state index contributed by atoms with van der Waals surface area (Å²) in [7, 11) is 0. The summed E-state index contributed by atoms with van der Waals surface area (Å²) in [6.07, 6.45) is 7.87. The van der Waals surface area contributed by atoms with Crippen molar-refractivity contribution in [3.63, 3.8) is 0 Å². The predicted molar refractivity (Wildman–Crippen MR) is 82.0 cm³/mol. The van der Waals surface area contributed by atoms with Crippen LogP contribution >= 0.6 is 0 Å². The van der Waals surface area contributed by atoms with E-state index in [2.05, 4.69) is 10.4 Å². The number of aryl methyl sites for hydroxylation is 1. The van der Waals surface area contributed by atoms with E-state index >= 15 is 0 Å². The minimum atomic E-state index is -0.272. The largest absolute Gasteiger partial charge is 0.354 e. The van der Waals surface area contributed by atoms with E-state index < -0.39 is 0 Å². The molecule has 23 heavy (non-hydrogen) atoms. The van der Waals surface area contributed by atoms with E-state index in [0.29, 0.717) is 6.54 Å². The summed E-state index contributed by atoms with van der Waals surface area (Å²) in [6.45, 7) is 1.08. The molecule has 1 aromatic heterocycles. The normalized spacial score (nSPS) is 23.9. The fourth-order valence-corrected chi connectivity index (χ4v) is 3.49. The molecule has 3 amide bonds. The zero-order valence-corrected chi connectivity index (χ0v) is 13.1. The molecule has 1 saturated carbocycles. The van der Waals surface area contributed by atoms with E-state index in [4.69, 9.17) is 0 Å². The van der Waals surface area contributed by atoms with E-state index in [1.54, 1.807) is 10.9 Å². The Hall–Kier alpha value is -2.18. The van der Waals surface area contributed by atoms with Crippen LogP contribution in [-0.2, 0) is 20.9 Å². The highest BCUT2D eigenvalue weighted by molar-refractivity contribution is 6.07. The fraction of sp³-hybridized carbons (Fsp3) is 0.625. The Morgan fingerprint density at radius 1 is 1.22 bits per heavy atom. The van der Waals surface area contributed by atoms with Crippen LogP contribution in [0, 0.1) is 11.8 Å². The number of likely N-dealkylation sites (tertiary alicyclic amines) is 1. The molecule has 1 saturated heterocycles. The Bertz CT molecular complexity index is 560. The number of aromatic nitrogens is 2. The van der Waals surface area contributed by atoms with Gasteiger partial charge in [-0.3, -0.25) is 24.0 Å². The lowest BCUT2D eigenvalue weighted by Crippen LogP contribution is -2.41. The van der Waals surface area contributed by atoms with Gasteiger partial charge in [-0.1, -0.05) is 12.8 Å². The molecule has 2 fully saturated rings. The smallest absolute Gasteiger partial charge is 0.240 e. The molecule has 3 rings (SSSR count). The highest BCUT2D eigenvalue weighted by Gasteiger charge is 2.48. The van der Waals surface area contributed by atoms with Gasteiger partial charge in [0.05, 0.1) is 11.8 Å². The van der Waals surface area contributed by atoms with Gasteiger partial charge in [-0.2, -0.15) is 5.10 Å². The molecule has 1 aromatic rings. The highest BCUT2D eigenvalue weighted by Crippen LogP contribution is 2.37. The Balaban J connectivity index is 1.44. The Kier molecular flexibility index (Phi) is 4.73. The van der Waals surface area contributed by atoms with Crippen molar-refractivity contribution in [3.8, 4) is 0 Å². The van der Waals surface area contributed by atoms with Crippen LogP contribution in [0.5, 0.6) is 0 Å². The molecule has 7 nitrogen and oxygen atoms in total. The van der Waals surface area contributed by atoms with Crippen LogP contribution in [0.15, 0.2) is 18.5 Å². The second-order valence-electron chi connectivity index (χ2n) is 6.23. The number of imide groups is 1. The summed E-state index contributed by atoms with van der Waals surface area (Å²) in [5, 5.41) is 6.85. The van der Waals surface area contributed by atoms with Crippen molar-refractivity contribution in [2.24, 2.45) is 11.8 Å². The zero-order valence-electron chi connectivity index (χ0n) is 13.1. The standard InChI is InChI=1S/C16H22N4O3/c21-14(17-7-3-9-19-10-4-8-18-19)11-20-15(22)12-5-1-2-6-13(12)16(20)23/h4,8,10,12-13H,1-3,5-7,9,11H2,(H,17,21)/t12-,13-/m1/s1. The second-order valence-corrected chi connectivity index (χ2v) is 6.23. The fourth-order valence-electron chi connectivity index (χ4n) is 3.49. The zero-order chi connectivity index (χ0) is 16.2. The lowest BCUT2D eigenvalue weighted by atomic mass is 9.81. The van der Waals surface area contributed by atoms with Crippen molar-refractivity contribution in [2.75, 3.05) is 13.1 Å². The van der Waals surface area contributed by atoms with Gasteiger partial charge < -0.3 is 5.32 Å². The average molecular weight is 318 g/mol. The monoisotopic (exact) mass is 318 g/mol. The SMILES string of the molecule is O=C(CN1C(=O)[C@@H]2CCCC[C@H]2C1=O)NCCCn1cccn1. The van der Waals surface area contributed by atoms with Crippen molar-refractivity contribution in [1.29, 1.82) is 0 Å². The summed E-state index contributed by atoms with van der Waals surface area (Å²) in [5.74, 6) is -0.976. The summed E-state index contributed by atoms with van der Waals surface area (Å²) in [4.78, 5) is 37.7. The molecule has 0 radical (unpaired) electrons. The maximum atomic E-state index is 12.3. The first kappa shape index (κ1) is 15.7. The van der Waals surface area contributed by atoms with Crippen molar-refractivity contribution in [1.82, 2.24) is 20.0 Å². The number of carbonyl (C=O) groups is 3. The van der Waals surface area contributed by atoms with Crippen molar-refractivity contribution in [2.45, 2.75) is 38.6 Å². The maximum Gasteiger partial charge on any atom is 0.240 e. The van der Waals surface area contributed by atoms with Crippen molar-refractivity contribution >= 4 is 17.7 Å². The molecule has 1 aliphatic carbocycles. The number of nitrogens with one attached hydrogen (secondary N) is 1. The molecule has 0 unspecified atom stereocenters. The van der Waals surface area contributed by atoms with Gasteiger partial charge in [0.25, 0.3) is 0 Å². The Morgan fingerprint density at radius 2 is 1.91 bits per heavy atom. The molecule has 0 aromatic carbocycles. The number of amides is 3. The van der Waals surface area contributed by atoms with Gasteiger partial charge in [-0.15, -0.1) is 0 Å². The first-order chi connectivity index (χ1) is 11.2. The van der Waals surface area contributed by atoms with Crippen LogP contribution in [0.1, 0.15) is 32.1 Å². The Morgan fingerprint density at radius 3 is 2.52 bits per heavy atom. The molecule has 124 valence electrons. The lowest BCUT2D eigenvalue weighted by molar-refractivity contribution is -0.143. The van der Waals surface area contributed by atoms with Crippen molar-refractivity contribution in [3.05, 3.63) is 18.5 Å². The Labute approximate surface area is 135 Å². The molecule has 0 bridgehead atoms. The number of fused-ring (bicyclic) bond motifs is 1. The summed E-state index contributed by atoms with van der Waals surface area (Å²) in [5.41, 5.74) is 0. The molecule has 1 N–H and O–H groups in total. The van der Waals surface area contributed by atoms with Gasteiger partial charge in [0.15, 0.2) is 0 Å². The van der Waals surface area contributed by atoms with E-state index in [-0.39, 0.29) is 36.1 Å². The van der Waals surface area contributed by atoms with Crippen LogP contribution < -0.4 is 5.32 Å². The van der Waals surface area contributed by atoms with Crippen LogP contribution in [0.3, 0.4) is 0 Å². The van der Waals surface area contributed by atoms with E-state index in [1.165, 1.54) is 0 Å². The first-order valence-electron chi connectivity index (χ1n) is 8.26. The highest BCUT2D eigenvalue weighted by atomic mass is 16.2. The number of rotatable bonds is 6. The van der Waals surface area contributed by atoms with Gasteiger partial charge in [0.2, 0.25) is 17.7 Å². The number of carbonyl (C=O) groups excluding carboxylic acids is 3. The van der Waals surface area contributed by atoms with Gasteiger partial charge in [0.1, 0.15) is 6.54 Å². The molecule has 0 spiro atoms. The molecule has 1 aliphatic heterocycles. The third-order valence-corrected chi connectivity index (χ3v) is 4.68. The predicted octanol–water partition coefficient (Wildman–Crippen LogP) is 0.565. The van der Waals surface area contributed by atoms with Gasteiger partial charge in [0, 0.05) is 25.5 Å². The molecule has 2 atom stereocenters. The maximum absolute atomic E-state index is 12.3. The third kappa shape index (κ3) is 3.43. The minimum absolute atomic E-state index is 0.146. The number of nitrogens with zero attached hydrogens (tertiary/aromatic N) is 3. The summed E-state index contributed by atoms with van der Waals surface area (Å²) in [6, 6.07) is 1.85.